The highest BCUT2D eigenvalue weighted by molar-refractivity contribution is 5.61. The molecule has 0 bridgehead atoms. The van der Waals surface area contributed by atoms with Crippen molar-refractivity contribution in [3.05, 3.63) is 67.4 Å². The van der Waals surface area contributed by atoms with Crippen LogP contribution in [0.15, 0.2) is 67.4 Å². The van der Waals surface area contributed by atoms with Crippen LogP contribution < -0.4 is 5.32 Å². The Bertz CT molecular complexity index is 1200. The molecule has 0 amide bonds. The Balaban J connectivity index is 1.32. The molecule has 0 saturated heterocycles. The van der Waals surface area contributed by atoms with E-state index >= 15 is 0 Å². The van der Waals surface area contributed by atoms with Gasteiger partial charge in [-0.05, 0) is 55.2 Å². The zero-order chi connectivity index (χ0) is 21.8. The van der Waals surface area contributed by atoms with E-state index < -0.39 is 0 Å². The fraction of sp³-hybridized carbons (Fsp3) is 0.292. The summed E-state index contributed by atoms with van der Waals surface area (Å²) >= 11 is 0. The lowest BCUT2D eigenvalue weighted by Crippen LogP contribution is -2.17. The molecule has 8 nitrogen and oxygen atoms in total. The number of anilines is 2. The minimum Gasteiger partial charge on any atom is -0.324 e. The zero-order valence-corrected chi connectivity index (χ0v) is 17.7. The molecule has 0 aliphatic heterocycles. The predicted molar refractivity (Wildman–Crippen MR) is 121 cm³/mol. The summed E-state index contributed by atoms with van der Waals surface area (Å²) in [4.78, 5) is 9.03. The fourth-order valence-corrected chi connectivity index (χ4v) is 4.39. The van der Waals surface area contributed by atoms with E-state index in [1.807, 2.05) is 64.4 Å². The smallest absolute Gasteiger partial charge is 0.227 e. The summed E-state index contributed by atoms with van der Waals surface area (Å²) in [6, 6.07) is 14.2. The average Bonchev–Trinajstić information content (AvgIpc) is 3.61. The molecule has 1 aromatic carbocycles. The van der Waals surface area contributed by atoms with Crippen molar-refractivity contribution in [2.75, 3.05) is 5.32 Å². The Hall–Kier alpha value is -3.99. The second kappa shape index (κ2) is 9.02. The van der Waals surface area contributed by atoms with Crippen LogP contribution in [0.25, 0.3) is 16.9 Å². The molecule has 3 heterocycles. The second-order valence-electron chi connectivity index (χ2n) is 8.07. The Labute approximate surface area is 186 Å². The number of nitrogens with zero attached hydrogens (tertiary/aromatic N) is 7. The molecular formula is C24H24N8. The molecule has 8 heteroatoms. The van der Waals surface area contributed by atoms with Crippen molar-refractivity contribution in [1.29, 1.82) is 5.26 Å². The van der Waals surface area contributed by atoms with Crippen LogP contribution in [0.5, 0.6) is 0 Å². The number of aromatic nitrogens is 6. The van der Waals surface area contributed by atoms with Gasteiger partial charge in [0, 0.05) is 36.0 Å². The van der Waals surface area contributed by atoms with Crippen molar-refractivity contribution >= 4 is 11.6 Å². The Morgan fingerprint density at radius 2 is 1.94 bits per heavy atom. The predicted octanol–water partition coefficient (Wildman–Crippen LogP) is 4.91. The Kier molecular flexibility index (Phi) is 5.62. The first-order chi connectivity index (χ1) is 15.8. The first-order valence-corrected chi connectivity index (χ1v) is 10.9. The van der Waals surface area contributed by atoms with Gasteiger partial charge in [0.25, 0.3) is 0 Å². The van der Waals surface area contributed by atoms with Crippen molar-refractivity contribution in [2.45, 2.75) is 38.1 Å². The summed E-state index contributed by atoms with van der Waals surface area (Å²) in [5, 5.41) is 21.4. The molecule has 1 unspecified atom stereocenters. The molecule has 1 N–H and O–H groups in total. The first-order valence-electron chi connectivity index (χ1n) is 10.9. The number of nitrogens with one attached hydrogen (secondary N) is 1. The summed E-state index contributed by atoms with van der Waals surface area (Å²) in [6.45, 7) is 0. The van der Waals surface area contributed by atoms with Gasteiger partial charge in [-0.25, -0.2) is 14.6 Å². The van der Waals surface area contributed by atoms with Crippen molar-refractivity contribution in [2.24, 2.45) is 5.92 Å². The lowest BCUT2D eigenvalue weighted by molar-refractivity contribution is 0.315. The van der Waals surface area contributed by atoms with Gasteiger partial charge >= 0.3 is 0 Å². The summed E-state index contributed by atoms with van der Waals surface area (Å²) in [7, 11) is 0. The third-order valence-corrected chi connectivity index (χ3v) is 6.03. The van der Waals surface area contributed by atoms with Crippen LogP contribution in [0, 0.1) is 17.2 Å². The lowest BCUT2D eigenvalue weighted by Gasteiger charge is -2.21. The van der Waals surface area contributed by atoms with E-state index in [-0.39, 0.29) is 6.04 Å². The van der Waals surface area contributed by atoms with Gasteiger partial charge < -0.3 is 5.32 Å². The second-order valence-corrected chi connectivity index (χ2v) is 8.07. The van der Waals surface area contributed by atoms with E-state index in [4.69, 9.17) is 0 Å². The van der Waals surface area contributed by atoms with Crippen LogP contribution in [0.3, 0.4) is 0 Å². The molecule has 1 atom stereocenters. The number of benzene rings is 1. The lowest BCUT2D eigenvalue weighted by atomic mass is 9.96. The van der Waals surface area contributed by atoms with E-state index in [1.54, 1.807) is 12.4 Å². The maximum absolute atomic E-state index is 9.30. The monoisotopic (exact) mass is 424 g/mol. The molecule has 3 aromatic heterocycles. The number of hydrogen-bond donors (Lipinski definition) is 1. The summed E-state index contributed by atoms with van der Waals surface area (Å²) in [6.07, 6.45) is 14.5. The zero-order valence-electron chi connectivity index (χ0n) is 17.7. The fourth-order valence-electron chi connectivity index (χ4n) is 4.39. The molecule has 32 heavy (non-hydrogen) atoms. The third-order valence-electron chi connectivity index (χ3n) is 6.03. The first kappa shape index (κ1) is 19.9. The number of nitriles is 1. The molecule has 0 spiro atoms. The van der Waals surface area contributed by atoms with Gasteiger partial charge in [0.1, 0.15) is 0 Å². The molecule has 5 rings (SSSR count). The molecule has 1 aliphatic carbocycles. The summed E-state index contributed by atoms with van der Waals surface area (Å²) < 4.78 is 3.77. The third kappa shape index (κ3) is 4.23. The summed E-state index contributed by atoms with van der Waals surface area (Å²) in [5.74, 6) is 1.04. The Morgan fingerprint density at radius 1 is 1.09 bits per heavy atom. The van der Waals surface area contributed by atoms with Crippen LogP contribution in [-0.4, -0.2) is 29.5 Å². The average molecular weight is 425 g/mol. The standard InChI is InChI=1S/C24H24N8/c25-12-10-23(18-4-1-2-5-18)32-17-19(16-28-32)22-11-14-26-24(30-22)29-20-6-8-21(9-7-20)31-15-3-13-27-31/h3,6-9,11,13-18,23H,1-2,4-5,10H2,(H,26,29,30). The van der Waals surface area contributed by atoms with Gasteiger partial charge in [0.15, 0.2) is 0 Å². The van der Waals surface area contributed by atoms with Gasteiger partial charge in [-0.3, -0.25) is 4.68 Å². The highest BCUT2D eigenvalue weighted by atomic mass is 15.3. The van der Waals surface area contributed by atoms with Gasteiger partial charge in [-0.15, -0.1) is 0 Å². The van der Waals surface area contributed by atoms with Crippen molar-refractivity contribution in [3.8, 4) is 23.0 Å². The van der Waals surface area contributed by atoms with Crippen molar-refractivity contribution in [3.63, 3.8) is 0 Å². The highest BCUT2D eigenvalue weighted by Crippen LogP contribution is 2.36. The van der Waals surface area contributed by atoms with E-state index in [0.717, 1.165) is 22.6 Å². The molecule has 4 aromatic rings. The van der Waals surface area contributed by atoms with Crippen LogP contribution in [-0.2, 0) is 0 Å². The Morgan fingerprint density at radius 3 is 2.69 bits per heavy atom. The number of hydrogen-bond acceptors (Lipinski definition) is 6. The van der Waals surface area contributed by atoms with Crippen LogP contribution in [0.4, 0.5) is 11.6 Å². The summed E-state index contributed by atoms with van der Waals surface area (Å²) in [5.41, 5.74) is 3.59. The van der Waals surface area contributed by atoms with Crippen LogP contribution >= 0.6 is 0 Å². The maximum Gasteiger partial charge on any atom is 0.227 e. The normalized spacial score (nSPS) is 14.8. The van der Waals surface area contributed by atoms with Crippen molar-refractivity contribution in [1.82, 2.24) is 29.5 Å². The van der Waals surface area contributed by atoms with E-state index in [1.165, 1.54) is 25.7 Å². The molecule has 160 valence electrons. The maximum atomic E-state index is 9.30. The molecule has 1 fully saturated rings. The largest absolute Gasteiger partial charge is 0.324 e. The SMILES string of the molecule is N#CCC(C1CCCC1)n1cc(-c2ccnc(Nc3ccc(-n4cccn4)cc3)n2)cn1. The quantitative estimate of drug-likeness (QED) is 0.452. The van der Waals surface area contributed by atoms with Gasteiger partial charge in [-0.2, -0.15) is 15.5 Å². The van der Waals surface area contributed by atoms with Gasteiger partial charge in [0.2, 0.25) is 5.95 Å². The molecule has 0 radical (unpaired) electrons. The van der Waals surface area contributed by atoms with E-state index in [0.29, 0.717) is 18.3 Å². The topological polar surface area (TPSA) is 97.2 Å². The minimum absolute atomic E-state index is 0.129. The molecular weight excluding hydrogens is 400 g/mol. The van der Waals surface area contributed by atoms with Gasteiger partial charge in [0.05, 0.1) is 36.1 Å². The van der Waals surface area contributed by atoms with Gasteiger partial charge in [-0.1, -0.05) is 12.8 Å². The minimum atomic E-state index is 0.129. The number of rotatable bonds is 7. The van der Waals surface area contributed by atoms with Crippen molar-refractivity contribution < 1.29 is 0 Å². The molecule has 1 aliphatic rings. The van der Waals surface area contributed by atoms with E-state index in [2.05, 4.69) is 31.6 Å². The molecule has 1 saturated carbocycles. The highest BCUT2D eigenvalue weighted by Gasteiger charge is 2.27. The van der Waals surface area contributed by atoms with Crippen LogP contribution in [0.2, 0.25) is 0 Å². The van der Waals surface area contributed by atoms with E-state index in [9.17, 15) is 5.26 Å². The van der Waals surface area contributed by atoms with Crippen LogP contribution in [0.1, 0.15) is 38.1 Å².